The van der Waals surface area contributed by atoms with Gasteiger partial charge in [0.15, 0.2) is 10.9 Å². The van der Waals surface area contributed by atoms with E-state index in [9.17, 15) is 14.0 Å². The molecule has 1 aromatic heterocycles. The first-order valence-electron chi connectivity index (χ1n) is 9.14. The maximum atomic E-state index is 13.0. The van der Waals surface area contributed by atoms with E-state index < -0.39 is 0 Å². The maximum absolute atomic E-state index is 13.0. The topological polar surface area (TPSA) is 52.0 Å². The Morgan fingerprint density at radius 3 is 2.39 bits per heavy atom. The number of carbonyl (C=O) groups is 1. The molecule has 142 valence electrons. The molecule has 0 bridgehead atoms. The third kappa shape index (κ3) is 3.64. The van der Waals surface area contributed by atoms with Crippen molar-refractivity contribution in [2.45, 2.75) is 30.2 Å². The lowest BCUT2D eigenvalue weighted by Gasteiger charge is -2.10. The summed E-state index contributed by atoms with van der Waals surface area (Å²) >= 11 is 1.52. The molecule has 1 heterocycles. The summed E-state index contributed by atoms with van der Waals surface area (Å²) in [4.78, 5) is 29.5. The van der Waals surface area contributed by atoms with Crippen molar-refractivity contribution in [3.8, 4) is 0 Å². The van der Waals surface area contributed by atoms with E-state index in [4.69, 9.17) is 0 Å². The normalized spacial score (nSPS) is 12.8. The van der Waals surface area contributed by atoms with Gasteiger partial charge in [-0.2, -0.15) is 0 Å². The fraction of sp³-hybridized carbons (Fsp3) is 0.227. The Bertz CT molecular complexity index is 1090. The van der Waals surface area contributed by atoms with Crippen LogP contribution in [0.4, 0.5) is 4.39 Å². The minimum absolute atomic E-state index is 0.0604. The molecule has 4 rings (SSSR count). The van der Waals surface area contributed by atoms with Gasteiger partial charge in [0.05, 0.1) is 5.69 Å². The first kappa shape index (κ1) is 18.6. The lowest BCUT2D eigenvalue weighted by atomic mass is 10.0. The minimum atomic E-state index is -0.363. The molecule has 0 amide bonds. The second-order valence-corrected chi connectivity index (χ2v) is 7.80. The highest BCUT2D eigenvalue weighted by Crippen LogP contribution is 2.24. The summed E-state index contributed by atoms with van der Waals surface area (Å²) in [6.45, 7) is 0. The first-order chi connectivity index (χ1) is 13.5. The number of thioether (sulfide) groups is 1. The third-order valence-electron chi connectivity index (χ3n) is 4.96. The monoisotopic (exact) mass is 394 g/mol. The Morgan fingerprint density at radius 1 is 1.07 bits per heavy atom. The fourth-order valence-corrected chi connectivity index (χ4v) is 4.30. The molecule has 3 aromatic rings. The predicted octanol–water partition coefficient (Wildman–Crippen LogP) is 3.93. The Balaban J connectivity index is 1.47. The van der Waals surface area contributed by atoms with Crippen LogP contribution in [0.15, 0.2) is 58.5 Å². The van der Waals surface area contributed by atoms with Crippen molar-refractivity contribution in [1.29, 1.82) is 0 Å². The SMILES string of the molecule is Cn1c(SCc2ccc(C(=O)c3ccc(F)cc3)cc2)nc2c(c1=O)CCC2. The quantitative estimate of drug-likeness (QED) is 0.374. The van der Waals surface area contributed by atoms with Gasteiger partial charge in [0.1, 0.15) is 5.82 Å². The van der Waals surface area contributed by atoms with Gasteiger partial charge < -0.3 is 0 Å². The zero-order chi connectivity index (χ0) is 19.7. The summed E-state index contributed by atoms with van der Waals surface area (Å²) in [7, 11) is 1.76. The summed E-state index contributed by atoms with van der Waals surface area (Å²) in [6, 6.07) is 12.9. The lowest BCUT2D eigenvalue weighted by molar-refractivity contribution is 0.103. The number of fused-ring (bicyclic) bond motifs is 1. The van der Waals surface area contributed by atoms with Crippen LogP contribution in [0.2, 0.25) is 0 Å². The number of aromatic nitrogens is 2. The second-order valence-electron chi connectivity index (χ2n) is 6.86. The summed E-state index contributed by atoms with van der Waals surface area (Å²) in [5.41, 5.74) is 3.91. The molecule has 0 fully saturated rings. The zero-order valence-electron chi connectivity index (χ0n) is 15.4. The Hall–Kier alpha value is -2.73. The molecule has 0 N–H and O–H groups in total. The average molecular weight is 394 g/mol. The number of benzene rings is 2. The van der Waals surface area contributed by atoms with Gasteiger partial charge in [-0.05, 0) is 49.1 Å². The van der Waals surface area contributed by atoms with Crippen molar-refractivity contribution in [3.05, 3.63) is 92.6 Å². The molecular formula is C22H19FN2O2S. The highest BCUT2D eigenvalue weighted by Gasteiger charge is 2.19. The average Bonchev–Trinajstić information content (AvgIpc) is 3.19. The van der Waals surface area contributed by atoms with Gasteiger partial charge in [-0.3, -0.25) is 14.2 Å². The van der Waals surface area contributed by atoms with Crippen LogP contribution in [0, 0.1) is 5.82 Å². The molecule has 1 aliphatic carbocycles. The van der Waals surface area contributed by atoms with Crippen molar-refractivity contribution >= 4 is 17.5 Å². The van der Waals surface area contributed by atoms with Gasteiger partial charge in [0.2, 0.25) is 0 Å². The van der Waals surface area contributed by atoms with E-state index in [1.165, 1.54) is 36.0 Å². The molecule has 0 radical (unpaired) electrons. The molecule has 0 saturated carbocycles. The summed E-state index contributed by atoms with van der Waals surface area (Å²) in [5, 5.41) is 0.720. The van der Waals surface area contributed by atoms with Gasteiger partial charge >= 0.3 is 0 Å². The van der Waals surface area contributed by atoms with Crippen molar-refractivity contribution in [2.24, 2.45) is 7.05 Å². The van der Waals surface area contributed by atoms with E-state index in [-0.39, 0.29) is 17.2 Å². The summed E-state index contributed by atoms with van der Waals surface area (Å²) in [6.07, 6.45) is 2.69. The minimum Gasteiger partial charge on any atom is -0.291 e. The Morgan fingerprint density at radius 2 is 1.71 bits per heavy atom. The van der Waals surface area contributed by atoms with Gasteiger partial charge in [0, 0.05) is 29.5 Å². The Kier molecular flexibility index (Phi) is 5.13. The van der Waals surface area contributed by atoms with E-state index in [0.29, 0.717) is 16.9 Å². The molecule has 6 heteroatoms. The number of carbonyl (C=O) groups excluding carboxylic acids is 1. The zero-order valence-corrected chi connectivity index (χ0v) is 16.3. The number of aryl methyl sites for hydroxylation is 1. The standard InChI is InChI=1S/C22H19FN2O2S/c1-25-21(27)18-3-2-4-19(18)24-22(25)28-13-14-5-7-15(8-6-14)20(26)16-9-11-17(23)12-10-16/h5-12H,2-4,13H2,1H3. The molecule has 1 aliphatic rings. The summed E-state index contributed by atoms with van der Waals surface area (Å²) in [5.74, 6) is 0.157. The number of hydrogen-bond acceptors (Lipinski definition) is 4. The molecule has 0 spiro atoms. The van der Waals surface area contributed by atoms with Crippen molar-refractivity contribution in [3.63, 3.8) is 0 Å². The van der Waals surface area contributed by atoms with Crippen LogP contribution in [0.5, 0.6) is 0 Å². The predicted molar refractivity (Wildman–Crippen MR) is 107 cm³/mol. The molecule has 2 aromatic carbocycles. The fourth-order valence-electron chi connectivity index (χ4n) is 3.36. The number of rotatable bonds is 5. The number of ketones is 1. The molecular weight excluding hydrogens is 375 g/mol. The van der Waals surface area contributed by atoms with E-state index >= 15 is 0 Å². The van der Waals surface area contributed by atoms with Crippen LogP contribution >= 0.6 is 11.8 Å². The second kappa shape index (κ2) is 7.72. The van der Waals surface area contributed by atoms with E-state index in [1.54, 1.807) is 23.7 Å². The number of hydrogen-bond donors (Lipinski definition) is 0. The van der Waals surface area contributed by atoms with Crippen LogP contribution in [0.1, 0.15) is 39.2 Å². The van der Waals surface area contributed by atoms with Gasteiger partial charge in [0.25, 0.3) is 5.56 Å². The highest BCUT2D eigenvalue weighted by molar-refractivity contribution is 7.98. The van der Waals surface area contributed by atoms with Crippen molar-refractivity contribution in [1.82, 2.24) is 9.55 Å². The van der Waals surface area contributed by atoms with Crippen LogP contribution < -0.4 is 5.56 Å². The largest absolute Gasteiger partial charge is 0.291 e. The molecule has 0 saturated heterocycles. The van der Waals surface area contributed by atoms with E-state index in [1.807, 2.05) is 12.1 Å². The molecule has 0 atom stereocenters. The van der Waals surface area contributed by atoms with Gasteiger partial charge in [-0.1, -0.05) is 36.0 Å². The molecule has 28 heavy (non-hydrogen) atoms. The number of halogens is 1. The molecule has 0 aliphatic heterocycles. The van der Waals surface area contributed by atoms with Crippen molar-refractivity contribution in [2.75, 3.05) is 0 Å². The highest BCUT2D eigenvalue weighted by atomic mass is 32.2. The van der Waals surface area contributed by atoms with E-state index in [2.05, 4.69) is 4.98 Å². The summed E-state index contributed by atoms with van der Waals surface area (Å²) < 4.78 is 14.6. The van der Waals surface area contributed by atoms with Crippen molar-refractivity contribution < 1.29 is 9.18 Å². The smallest absolute Gasteiger partial charge is 0.257 e. The van der Waals surface area contributed by atoms with E-state index in [0.717, 1.165) is 41.2 Å². The first-order valence-corrected chi connectivity index (χ1v) is 10.1. The van der Waals surface area contributed by atoms with Gasteiger partial charge in [-0.15, -0.1) is 0 Å². The third-order valence-corrected chi connectivity index (χ3v) is 6.06. The molecule has 0 unspecified atom stereocenters. The number of nitrogens with zero attached hydrogens (tertiary/aromatic N) is 2. The van der Waals surface area contributed by atoms with Crippen LogP contribution in [-0.2, 0) is 25.6 Å². The van der Waals surface area contributed by atoms with Crippen LogP contribution in [0.25, 0.3) is 0 Å². The molecule has 4 nitrogen and oxygen atoms in total. The lowest BCUT2D eigenvalue weighted by Crippen LogP contribution is -2.24. The Labute approximate surface area is 166 Å². The van der Waals surface area contributed by atoms with Crippen LogP contribution in [0.3, 0.4) is 0 Å². The maximum Gasteiger partial charge on any atom is 0.257 e. The van der Waals surface area contributed by atoms with Gasteiger partial charge in [-0.25, -0.2) is 9.37 Å². The van der Waals surface area contributed by atoms with Crippen LogP contribution in [-0.4, -0.2) is 15.3 Å².